The Morgan fingerprint density at radius 2 is 1.19 bits per heavy atom. The van der Waals surface area contributed by atoms with E-state index in [1.54, 1.807) is 0 Å². The molecular weight excluding hydrogens is 501 g/mol. The normalized spacial score (nSPS) is 12.9. The van der Waals surface area contributed by atoms with E-state index in [1.807, 2.05) is 13.3 Å². The van der Waals surface area contributed by atoms with E-state index in [4.69, 9.17) is 9.47 Å². The average molecular weight is 526 g/mol. The zero-order valence-electron chi connectivity index (χ0n) is 18.1. The van der Waals surface area contributed by atoms with Gasteiger partial charge in [-0.25, -0.2) is 0 Å². The predicted molar refractivity (Wildman–Crippen MR) is 134 cm³/mol. The van der Waals surface area contributed by atoms with Crippen LogP contribution in [0, 0.1) is 0 Å². The maximum atomic E-state index is 5.76. The summed E-state index contributed by atoms with van der Waals surface area (Å²) in [6.07, 6.45) is 1.94. The van der Waals surface area contributed by atoms with Gasteiger partial charge in [0.05, 0.1) is 0 Å². The van der Waals surface area contributed by atoms with Crippen molar-refractivity contribution in [3.8, 4) is 11.5 Å². The van der Waals surface area contributed by atoms with E-state index >= 15 is 0 Å². The van der Waals surface area contributed by atoms with E-state index in [-0.39, 0.29) is 6.79 Å². The van der Waals surface area contributed by atoms with E-state index in [2.05, 4.69) is 108 Å². The SMILES string of the molecule is CN=Cc1cc2c(cc1[CH2][Sn]([c]1ccccc1)([c]1ccccc1)[c]1ccccc1)OCO2. The van der Waals surface area contributed by atoms with Crippen LogP contribution in [0.4, 0.5) is 0 Å². The van der Waals surface area contributed by atoms with E-state index < -0.39 is 18.4 Å². The quantitative estimate of drug-likeness (QED) is 0.284. The molecule has 0 amide bonds. The summed E-state index contributed by atoms with van der Waals surface area (Å²) >= 11 is -3.46. The number of hydrogen-bond donors (Lipinski definition) is 0. The molecule has 4 aromatic rings. The summed E-state index contributed by atoms with van der Waals surface area (Å²) < 4.78 is 16.7. The first-order valence-corrected chi connectivity index (χ1v) is 17.1. The maximum absolute atomic E-state index is 5.76. The summed E-state index contributed by atoms with van der Waals surface area (Å²) in [4.78, 5) is 4.34. The van der Waals surface area contributed by atoms with Gasteiger partial charge in [-0.1, -0.05) is 0 Å². The third-order valence-corrected chi connectivity index (χ3v) is 20.1. The van der Waals surface area contributed by atoms with E-state index in [1.165, 1.54) is 16.3 Å². The Balaban J connectivity index is 1.78. The van der Waals surface area contributed by atoms with Crippen LogP contribution in [0.3, 0.4) is 0 Å². The molecule has 4 heteroatoms. The van der Waals surface area contributed by atoms with Crippen LogP contribution >= 0.6 is 0 Å². The van der Waals surface area contributed by atoms with Gasteiger partial charge in [0.1, 0.15) is 0 Å². The van der Waals surface area contributed by atoms with Crippen LogP contribution in [0.1, 0.15) is 11.1 Å². The monoisotopic (exact) mass is 527 g/mol. The van der Waals surface area contributed by atoms with Crippen LogP contribution in [0.25, 0.3) is 0 Å². The van der Waals surface area contributed by atoms with Crippen molar-refractivity contribution < 1.29 is 9.47 Å². The Hall–Kier alpha value is -3.05. The van der Waals surface area contributed by atoms with Crippen LogP contribution in [-0.4, -0.2) is 38.4 Å². The molecule has 3 nitrogen and oxygen atoms in total. The molecule has 32 heavy (non-hydrogen) atoms. The molecule has 0 saturated carbocycles. The Kier molecular flexibility index (Phi) is 5.99. The summed E-state index contributed by atoms with van der Waals surface area (Å²) in [5.41, 5.74) is 2.35. The van der Waals surface area contributed by atoms with Gasteiger partial charge < -0.3 is 0 Å². The molecule has 0 saturated heterocycles. The molecule has 1 heterocycles. The average Bonchev–Trinajstić information content (AvgIpc) is 3.32. The van der Waals surface area contributed by atoms with Crippen molar-refractivity contribution in [1.29, 1.82) is 0 Å². The number of fused-ring (bicyclic) bond motifs is 1. The molecule has 0 radical (unpaired) electrons. The Bertz CT molecular complexity index is 1130. The molecule has 0 fully saturated rings. The van der Waals surface area contributed by atoms with Crippen LogP contribution in [0.5, 0.6) is 11.5 Å². The first kappa shape index (κ1) is 20.8. The summed E-state index contributed by atoms with van der Waals surface area (Å²) in [5.74, 6) is 1.62. The van der Waals surface area contributed by atoms with Crippen molar-refractivity contribution in [3.63, 3.8) is 0 Å². The Morgan fingerprint density at radius 1 is 0.719 bits per heavy atom. The van der Waals surface area contributed by atoms with Crippen LogP contribution in [0.2, 0.25) is 0 Å². The third kappa shape index (κ3) is 3.82. The summed E-state index contributed by atoms with van der Waals surface area (Å²) in [7, 11) is 1.82. The number of aliphatic imine (C=N–C) groups is 1. The third-order valence-electron chi connectivity index (χ3n) is 6.16. The van der Waals surface area contributed by atoms with Gasteiger partial charge in [-0.2, -0.15) is 0 Å². The van der Waals surface area contributed by atoms with Crippen molar-refractivity contribution in [2.45, 2.75) is 4.44 Å². The van der Waals surface area contributed by atoms with E-state index in [0.29, 0.717) is 0 Å². The van der Waals surface area contributed by atoms with Crippen LogP contribution in [0.15, 0.2) is 108 Å². The molecule has 158 valence electrons. The van der Waals surface area contributed by atoms with Crippen molar-refractivity contribution in [3.05, 3.63) is 114 Å². The minimum atomic E-state index is -3.46. The summed E-state index contributed by atoms with van der Waals surface area (Å²) in [5, 5.41) is 0. The molecule has 0 N–H and O–H groups in total. The van der Waals surface area contributed by atoms with Crippen molar-refractivity contribution in [1.82, 2.24) is 0 Å². The summed E-state index contributed by atoms with van der Waals surface area (Å²) in [6, 6.07) is 37.4. The molecule has 0 aromatic heterocycles. The number of ether oxygens (including phenoxy) is 2. The fraction of sp³-hybridized carbons (Fsp3) is 0.107. The Morgan fingerprint density at radius 3 is 1.66 bits per heavy atom. The molecule has 0 bridgehead atoms. The molecule has 0 spiro atoms. The van der Waals surface area contributed by atoms with Gasteiger partial charge in [-0.05, 0) is 0 Å². The van der Waals surface area contributed by atoms with E-state index in [0.717, 1.165) is 21.5 Å². The molecule has 0 unspecified atom stereocenters. The van der Waals surface area contributed by atoms with Crippen molar-refractivity contribution >= 4 is 35.3 Å². The zero-order valence-corrected chi connectivity index (χ0v) is 20.9. The standard InChI is InChI=1S/C10H10NO2.3C6H5.Sn/c1-7-3-9-10(13-6-12-9)4-8(7)5-11-2;3*1-2-4-6-5-3-1;/h3-5H,1,6H2,2H3;3*1-5H;. The molecule has 5 rings (SSSR count). The summed E-state index contributed by atoms with van der Waals surface area (Å²) in [6.45, 7) is 0.270. The number of hydrogen-bond acceptors (Lipinski definition) is 3. The van der Waals surface area contributed by atoms with Gasteiger partial charge in [0.15, 0.2) is 0 Å². The fourth-order valence-electron chi connectivity index (χ4n) is 4.67. The molecule has 1 aliphatic rings. The van der Waals surface area contributed by atoms with Crippen molar-refractivity contribution in [2.24, 2.45) is 4.99 Å². The van der Waals surface area contributed by atoms with Gasteiger partial charge in [0, 0.05) is 0 Å². The van der Waals surface area contributed by atoms with Crippen molar-refractivity contribution in [2.75, 3.05) is 13.8 Å². The molecule has 1 aliphatic heterocycles. The molecule has 4 aromatic carbocycles. The van der Waals surface area contributed by atoms with Crippen LogP contribution in [-0.2, 0) is 4.44 Å². The number of rotatable bonds is 6. The van der Waals surface area contributed by atoms with Gasteiger partial charge in [-0.3, -0.25) is 0 Å². The van der Waals surface area contributed by atoms with Gasteiger partial charge in [-0.15, -0.1) is 0 Å². The van der Waals surface area contributed by atoms with Gasteiger partial charge in [0.25, 0.3) is 0 Å². The van der Waals surface area contributed by atoms with Crippen LogP contribution < -0.4 is 20.2 Å². The Labute approximate surface area is 193 Å². The second kappa shape index (κ2) is 9.21. The first-order valence-electron chi connectivity index (χ1n) is 10.8. The fourth-order valence-corrected chi connectivity index (χ4v) is 18.3. The molecule has 0 aliphatic carbocycles. The minimum absolute atomic E-state index is 0.270. The second-order valence-electron chi connectivity index (χ2n) is 7.97. The number of benzene rings is 4. The second-order valence-corrected chi connectivity index (χ2v) is 19.1. The topological polar surface area (TPSA) is 30.8 Å². The zero-order chi connectivity index (χ0) is 21.8. The number of nitrogens with zero attached hydrogens (tertiary/aromatic N) is 1. The predicted octanol–water partition coefficient (Wildman–Crippen LogP) is 3.72. The van der Waals surface area contributed by atoms with Gasteiger partial charge >= 0.3 is 194 Å². The van der Waals surface area contributed by atoms with Gasteiger partial charge in [0.2, 0.25) is 0 Å². The molecular formula is C28H25NO2Sn. The first-order chi connectivity index (χ1) is 15.8. The molecule has 0 atom stereocenters. The van der Waals surface area contributed by atoms with E-state index in [9.17, 15) is 0 Å².